The number of aromatic carboxylic acids is 1. The van der Waals surface area contributed by atoms with Gasteiger partial charge < -0.3 is 5.11 Å². The molecule has 104 valence electrons. The summed E-state index contributed by atoms with van der Waals surface area (Å²) in [5.41, 5.74) is 1.70. The Hall–Kier alpha value is -2.14. The molecule has 0 saturated carbocycles. The molecule has 0 aliphatic heterocycles. The second-order valence-corrected chi connectivity index (χ2v) is 6.54. The molecule has 0 aromatic heterocycles. The first-order valence-corrected chi connectivity index (χ1v) is 7.84. The van der Waals surface area contributed by atoms with Crippen molar-refractivity contribution in [2.75, 3.05) is 6.26 Å². The zero-order valence-corrected chi connectivity index (χ0v) is 11.9. The van der Waals surface area contributed by atoms with Crippen LogP contribution >= 0.6 is 0 Å². The number of hydrogen-bond donors (Lipinski definition) is 1. The third-order valence-electron chi connectivity index (χ3n) is 3.12. The molecule has 4 nitrogen and oxygen atoms in total. The molecule has 0 atom stereocenters. The van der Waals surface area contributed by atoms with Crippen LogP contribution in [0.25, 0.3) is 11.1 Å². The number of carboxylic acids is 1. The van der Waals surface area contributed by atoms with Gasteiger partial charge in [0.1, 0.15) is 0 Å². The van der Waals surface area contributed by atoms with Crippen LogP contribution in [-0.4, -0.2) is 25.7 Å². The van der Waals surface area contributed by atoms with E-state index in [1.807, 2.05) is 6.07 Å². The highest BCUT2D eigenvalue weighted by atomic mass is 32.2. The van der Waals surface area contributed by atoms with Crippen LogP contribution in [0, 0.1) is 6.92 Å². The van der Waals surface area contributed by atoms with Crippen molar-refractivity contribution in [3.05, 3.63) is 53.6 Å². The van der Waals surface area contributed by atoms with Crippen molar-refractivity contribution in [3.8, 4) is 11.1 Å². The SMILES string of the molecule is Cc1c(C(=O)O)ccc(S(C)(=O)=O)c1-c1ccccc1. The lowest BCUT2D eigenvalue weighted by Gasteiger charge is -2.14. The Morgan fingerprint density at radius 2 is 1.65 bits per heavy atom. The van der Waals surface area contributed by atoms with E-state index in [0.717, 1.165) is 6.26 Å². The lowest BCUT2D eigenvalue weighted by Crippen LogP contribution is -2.07. The highest BCUT2D eigenvalue weighted by molar-refractivity contribution is 7.90. The fourth-order valence-electron chi connectivity index (χ4n) is 2.19. The summed E-state index contributed by atoms with van der Waals surface area (Å²) in [5, 5.41) is 9.18. The van der Waals surface area contributed by atoms with E-state index in [4.69, 9.17) is 0 Å². The minimum atomic E-state index is -3.44. The third kappa shape index (κ3) is 2.58. The van der Waals surface area contributed by atoms with Crippen LogP contribution in [0.5, 0.6) is 0 Å². The molecule has 0 spiro atoms. The Morgan fingerprint density at radius 1 is 1.05 bits per heavy atom. The van der Waals surface area contributed by atoms with Crippen molar-refractivity contribution in [2.24, 2.45) is 0 Å². The fourth-order valence-corrected chi connectivity index (χ4v) is 3.15. The normalized spacial score (nSPS) is 11.3. The summed E-state index contributed by atoms with van der Waals surface area (Å²) in [5.74, 6) is -1.07. The Kier molecular flexibility index (Phi) is 3.63. The van der Waals surface area contributed by atoms with Gasteiger partial charge in [-0.25, -0.2) is 13.2 Å². The largest absolute Gasteiger partial charge is 0.478 e. The van der Waals surface area contributed by atoms with E-state index in [9.17, 15) is 18.3 Å². The third-order valence-corrected chi connectivity index (χ3v) is 4.26. The van der Waals surface area contributed by atoms with Gasteiger partial charge in [0.2, 0.25) is 0 Å². The summed E-state index contributed by atoms with van der Waals surface area (Å²) < 4.78 is 23.8. The first kappa shape index (κ1) is 14.3. The number of hydrogen-bond acceptors (Lipinski definition) is 3. The number of carbonyl (C=O) groups is 1. The zero-order chi connectivity index (χ0) is 14.9. The number of rotatable bonds is 3. The topological polar surface area (TPSA) is 71.4 Å². The Labute approximate surface area is 117 Å². The first-order valence-electron chi connectivity index (χ1n) is 5.94. The highest BCUT2D eigenvalue weighted by Crippen LogP contribution is 2.32. The Bertz CT molecular complexity index is 762. The van der Waals surface area contributed by atoms with E-state index >= 15 is 0 Å². The molecule has 5 heteroatoms. The predicted molar refractivity (Wildman–Crippen MR) is 76.7 cm³/mol. The maximum atomic E-state index is 11.9. The van der Waals surface area contributed by atoms with E-state index < -0.39 is 15.8 Å². The summed E-state index contributed by atoms with van der Waals surface area (Å²) in [6.07, 6.45) is 1.12. The molecule has 0 saturated heterocycles. The minimum Gasteiger partial charge on any atom is -0.478 e. The van der Waals surface area contributed by atoms with Crippen molar-refractivity contribution in [1.29, 1.82) is 0 Å². The van der Waals surface area contributed by atoms with E-state index in [1.165, 1.54) is 12.1 Å². The zero-order valence-electron chi connectivity index (χ0n) is 11.1. The van der Waals surface area contributed by atoms with Gasteiger partial charge in [0.25, 0.3) is 0 Å². The molecule has 2 aromatic rings. The first-order chi connectivity index (χ1) is 9.32. The van der Waals surface area contributed by atoms with Crippen LogP contribution in [0.15, 0.2) is 47.4 Å². The maximum absolute atomic E-state index is 11.9. The molecule has 0 aliphatic carbocycles. The molecule has 2 rings (SSSR count). The van der Waals surface area contributed by atoms with Crippen molar-refractivity contribution in [3.63, 3.8) is 0 Å². The van der Waals surface area contributed by atoms with Crippen LogP contribution in [0.2, 0.25) is 0 Å². The van der Waals surface area contributed by atoms with Gasteiger partial charge in [0, 0.05) is 11.8 Å². The molecule has 1 N–H and O–H groups in total. The second kappa shape index (κ2) is 5.09. The monoisotopic (exact) mass is 290 g/mol. The van der Waals surface area contributed by atoms with Gasteiger partial charge in [-0.15, -0.1) is 0 Å². The molecule has 0 aliphatic rings. The standard InChI is InChI=1S/C15H14O4S/c1-10-12(15(16)17)8-9-13(20(2,18)19)14(10)11-6-4-3-5-7-11/h3-9H,1-2H3,(H,16,17). The van der Waals surface area contributed by atoms with Crippen molar-refractivity contribution in [1.82, 2.24) is 0 Å². The van der Waals surface area contributed by atoms with Crippen molar-refractivity contribution < 1.29 is 18.3 Å². The number of benzene rings is 2. The van der Waals surface area contributed by atoms with Gasteiger partial charge in [-0.05, 0) is 30.2 Å². The van der Waals surface area contributed by atoms with Crippen LogP contribution in [-0.2, 0) is 9.84 Å². The van der Waals surface area contributed by atoms with Crippen LogP contribution in [0.4, 0.5) is 0 Å². The van der Waals surface area contributed by atoms with Gasteiger partial charge in [-0.3, -0.25) is 0 Å². The summed E-state index contributed by atoms with van der Waals surface area (Å²) in [7, 11) is -3.44. The second-order valence-electron chi connectivity index (χ2n) is 4.55. The molecular formula is C15H14O4S. The molecular weight excluding hydrogens is 276 g/mol. The van der Waals surface area contributed by atoms with Crippen LogP contribution in [0.1, 0.15) is 15.9 Å². The van der Waals surface area contributed by atoms with Crippen LogP contribution < -0.4 is 0 Å². The van der Waals surface area contributed by atoms with Gasteiger partial charge in [0.05, 0.1) is 10.5 Å². The van der Waals surface area contributed by atoms with E-state index in [-0.39, 0.29) is 10.5 Å². The summed E-state index contributed by atoms with van der Waals surface area (Å²) >= 11 is 0. The number of sulfone groups is 1. The van der Waals surface area contributed by atoms with E-state index in [1.54, 1.807) is 31.2 Å². The fraction of sp³-hybridized carbons (Fsp3) is 0.133. The molecule has 0 amide bonds. The lowest BCUT2D eigenvalue weighted by atomic mass is 9.96. The summed E-state index contributed by atoms with van der Waals surface area (Å²) in [4.78, 5) is 11.4. The Balaban J connectivity index is 2.87. The molecule has 20 heavy (non-hydrogen) atoms. The van der Waals surface area contributed by atoms with Gasteiger partial charge in [-0.1, -0.05) is 30.3 Å². The van der Waals surface area contributed by atoms with Crippen molar-refractivity contribution >= 4 is 15.8 Å². The summed E-state index contributed by atoms with van der Waals surface area (Å²) in [6.45, 7) is 1.63. The molecule has 0 heterocycles. The number of carboxylic acid groups (broad SMARTS) is 1. The summed E-state index contributed by atoms with van der Waals surface area (Å²) in [6, 6.07) is 11.6. The molecule has 0 radical (unpaired) electrons. The lowest BCUT2D eigenvalue weighted by molar-refractivity contribution is 0.0696. The maximum Gasteiger partial charge on any atom is 0.335 e. The molecule has 0 unspecified atom stereocenters. The Morgan fingerprint density at radius 3 is 2.15 bits per heavy atom. The molecule has 0 fully saturated rings. The predicted octanol–water partition coefficient (Wildman–Crippen LogP) is 2.76. The van der Waals surface area contributed by atoms with Crippen molar-refractivity contribution in [2.45, 2.75) is 11.8 Å². The quantitative estimate of drug-likeness (QED) is 0.943. The average molecular weight is 290 g/mol. The highest BCUT2D eigenvalue weighted by Gasteiger charge is 2.20. The van der Waals surface area contributed by atoms with E-state index in [0.29, 0.717) is 16.7 Å². The smallest absolute Gasteiger partial charge is 0.335 e. The molecule has 2 aromatic carbocycles. The van der Waals surface area contributed by atoms with Crippen LogP contribution in [0.3, 0.4) is 0 Å². The van der Waals surface area contributed by atoms with Gasteiger partial charge in [-0.2, -0.15) is 0 Å². The van der Waals surface area contributed by atoms with Gasteiger partial charge in [0.15, 0.2) is 9.84 Å². The average Bonchev–Trinajstić information content (AvgIpc) is 2.37. The van der Waals surface area contributed by atoms with Gasteiger partial charge >= 0.3 is 5.97 Å². The molecule has 0 bridgehead atoms. The van der Waals surface area contributed by atoms with E-state index in [2.05, 4.69) is 0 Å². The minimum absolute atomic E-state index is 0.108.